The van der Waals surface area contributed by atoms with Crippen molar-refractivity contribution in [1.29, 1.82) is 0 Å². The minimum atomic E-state index is -0.939. The van der Waals surface area contributed by atoms with Crippen LogP contribution >= 0.6 is 11.6 Å². The zero-order valence-corrected chi connectivity index (χ0v) is 19.5. The van der Waals surface area contributed by atoms with Crippen molar-refractivity contribution in [2.45, 2.75) is 45.1 Å². The lowest BCUT2D eigenvalue weighted by Crippen LogP contribution is -2.49. The Morgan fingerprint density at radius 3 is 2.34 bits per heavy atom. The summed E-state index contributed by atoms with van der Waals surface area (Å²) in [5.74, 6) is -1.28. The van der Waals surface area contributed by atoms with Gasteiger partial charge in [0.15, 0.2) is 0 Å². The first-order chi connectivity index (χ1) is 14.9. The van der Waals surface area contributed by atoms with Gasteiger partial charge in [-0.15, -0.1) is 0 Å². The van der Waals surface area contributed by atoms with Gasteiger partial charge in [0, 0.05) is 7.05 Å². The number of nitrogens with zero attached hydrogens (tertiary/aromatic N) is 2. The molecule has 2 fully saturated rings. The molecule has 0 unspecified atom stereocenters. The van der Waals surface area contributed by atoms with Gasteiger partial charge >= 0.3 is 7.12 Å². The lowest BCUT2D eigenvalue weighted by molar-refractivity contribution is 0.00578. The van der Waals surface area contributed by atoms with E-state index < -0.39 is 36.2 Å². The first-order valence-corrected chi connectivity index (χ1v) is 10.9. The number of benzene rings is 2. The van der Waals surface area contributed by atoms with E-state index in [1.165, 1.54) is 23.1 Å². The number of anilines is 2. The van der Waals surface area contributed by atoms with E-state index in [9.17, 15) is 13.6 Å². The Hall–Kier alpha value is -2.16. The van der Waals surface area contributed by atoms with Crippen molar-refractivity contribution in [3.8, 4) is 0 Å². The van der Waals surface area contributed by atoms with Crippen molar-refractivity contribution in [1.82, 2.24) is 0 Å². The molecule has 170 valence electrons. The van der Waals surface area contributed by atoms with Crippen molar-refractivity contribution < 1.29 is 22.9 Å². The Morgan fingerprint density at radius 1 is 1.16 bits per heavy atom. The number of rotatable bonds is 4. The van der Waals surface area contributed by atoms with Crippen molar-refractivity contribution in [3.05, 3.63) is 52.8 Å². The number of alkyl halides is 1. The molecule has 2 saturated heterocycles. The summed E-state index contributed by atoms with van der Waals surface area (Å²) in [6, 6.07) is 9.50. The number of amides is 1. The highest BCUT2D eigenvalue weighted by atomic mass is 35.5. The van der Waals surface area contributed by atoms with Gasteiger partial charge in [0.25, 0.3) is 5.91 Å². The van der Waals surface area contributed by atoms with Crippen LogP contribution in [0.4, 0.5) is 20.2 Å². The van der Waals surface area contributed by atoms with Gasteiger partial charge in [0.05, 0.1) is 46.3 Å². The predicted octanol–water partition coefficient (Wildman–Crippen LogP) is 4.21. The second-order valence-corrected chi connectivity index (χ2v) is 9.71. The first-order valence-electron chi connectivity index (χ1n) is 10.5. The minimum absolute atomic E-state index is 0.0324. The van der Waals surface area contributed by atoms with Gasteiger partial charge in [-0.05, 0) is 57.4 Å². The van der Waals surface area contributed by atoms with Crippen molar-refractivity contribution >= 4 is 41.5 Å². The third-order valence-corrected chi connectivity index (χ3v) is 6.86. The van der Waals surface area contributed by atoms with Crippen molar-refractivity contribution in [2.24, 2.45) is 0 Å². The molecule has 2 aliphatic rings. The van der Waals surface area contributed by atoms with E-state index in [1.54, 1.807) is 19.2 Å². The van der Waals surface area contributed by atoms with E-state index in [0.717, 1.165) is 5.46 Å². The molecule has 0 N–H and O–H groups in total. The molecule has 0 saturated carbocycles. The maximum Gasteiger partial charge on any atom is 0.494 e. The van der Waals surface area contributed by atoms with Crippen LogP contribution in [-0.4, -0.2) is 50.5 Å². The summed E-state index contributed by atoms with van der Waals surface area (Å²) >= 11 is 6.10. The third kappa shape index (κ3) is 3.89. The summed E-state index contributed by atoms with van der Waals surface area (Å²) in [5, 5.41) is 0.0324. The van der Waals surface area contributed by atoms with E-state index in [4.69, 9.17) is 20.9 Å². The molecule has 0 aliphatic carbocycles. The summed E-state index contributed by atoms with van der Waals surface area (Å²) in [6.45, 7) is 8.29. The molecule has 0 bridgehead atoms. The van der Waals surface area contributed by atoms with Crippen LogP contribution < -0.4 is 15.3 Å². The number of hydrogen-bond donors (Lipinski definition) is 0. The number of carbonyl (C=O) groups excluding carboxylic acids is 1. The topological polar surface area (TPSA) is 42.0 Å². The standard InChI is InChI=1S/C23H26BClF2N2O3/c1-22(2)23(3,4)32-24(31-22)14-9-10-18(19(11-14)29-12-15(26)13-29)28(5)21(30)20-16(25)7-6-8-17(20)27/h6-11,15H,12-13H2,1-5H3. The normalized spacial score (nSPS) is 19.8. The molecule has 0 aromatic heterocycles. The maximum atomic E-state index is 14.4. The highest BCUT2D eigenvalue weighted by Gasteiger charge is 2.52. The smallest absolute Gasteiger partial charge is 0.399 e. The Morgan fingerprint density at radius 2 is 1.78 bits per heavy atom. The highest BCUT2D eigenvalue weighted by molar-refractivity contribution is 6.62. The second kappa shape index (κ2) is 8.01. The molecule has 0 spiro atoms. The average molecular weight is 463 g/mol. The molecule has 1 amide bonds. The largest absolute Gasteiger partial charge is 0.494 e. The van der Waals surface area contributed by atoms with Gasteiger partial charge in [0.1, 0.15) is 12.0 Å². The maximum absolute atomic E-state index is 14.4. The number of halogens is 3. The summed E-state index contributed by atoms with van der Waals surface area (Å²) in [7, 11) is 0.947. The average Bonchev–Trinajstić information content (AvgIpc) is 2.91. The van der Waals surface area contributed by atoms with Gasteiger partial charge in [-0.3, -0.25) is 4.79 Å². The molecular formula is C23H26BClF2N2O3. The minimum Gasteiger partial charge on any atom is -0.399 e. The summed E-state index contributed by atoms with van der Waals surface area (Å²) in [4.78, 5) is 16.3. The molecule has 0 atom stereocenters. The van der Waals surface area contributed by atoms with Crippen LogP contribution in [0.25, 0.3) is 0 Å². The zero-order chi connectivity index (χ0) is 23.4. The fourth-order valence-electron chi connectivity index (χ4n) is 3.80. The van der Waals surface area contributed by atoms with Gasteiger partial charge in [0.2, 0.25) is 0 Å². The molecule has 2 aromatic carbocycles. The van der Waals surface area contributed by atoms with Crippen LogP contribution in [-0.2, 0) is 9.31 Å². The summed E-state index contributed by atoms with van der Waals surface area (Å²) in [5.41, 5.74) is 0.701. The van der Waals surface area contributed by atoms with E-state index in [2.05, 4.69) is 0 Å². The fourth-order valence-corrected chi connectivity index (χ4v) is 4.05. The van der Waals surface area contributed by atoms with Gasteiger partial charge in [-0.1, -0.05) is 23.7 Å². The van der Waals surface area contributed by atoms with Crippen LogP contribution in [0.2, 0.25) is 5.02 Å². The second-order valence-electron chi connectivity index (χ2n) is 9.30. The highest BCUT2D eigenvalue weighted by Crippen LogP contribution is 2.38. The number of hydrogen-bond acceptors (Lipinski definition) is 4. The molecule has 9 heteroatoms. The lowest BCUT2D eigenvalue weighted by Gasteiger charge is -2.39. The third-order valence-electron chi connectivity index (χ3n) is 6.55. The molecule has 5 nitrogen and oxygen atoms in total. The number of carbonyl (C=O) groups is 1. The van der Waals surface area contributed by atoms with Crippen LogP contribution in [0.1, 0.15) is 38.1 Å². The zero-order valence-electron chi connectivity index (χ0n) is 18.8. The van der Waals surface area contributed by atoms with Crippen LogP contribution in [0, 0.1) is 5.82 Å². The van der Waals surface area contributed by atoms with Gasteiger partial charge < -0.3 is 19.1 Å². The molecule has 0 radical (unpaired) electrons. The molecular weight excluding hydrogens is 437 g/mol. The molecule has 4 rings (SSSR count). The first kappa shape index (κ1) is 23.0. The quantitative estimate of drug-likeness (QED) is 0.638. The molecule has 32 heavy (non-hydrogen) atoms. The Bertz CT molecular complexity index is 1020. The van der Waals surface area contributed by atoms with Crippen LogP contribution in [0.5, 0.6) is 0 Å². The lowest BCUT2D eigenvalue weighted by atomic mass is 9.78. The Balaban J connectivity index is 1.70. The molecule has 2 aromatic rings. The Labute approximate surface area is 192 Å². The summed E-state index contributed by atoms with van der Waals surface area (Å²) in [6.07, 6.45) is -0.939. The molecule has 2 heterocycles. The Kier molecular flexibility index (Phi) is 5.76. The van der Waals surface area contributed by atoms with E-state index >= 15 is 0 Å². The predicted molar refractivity (Wildman–Crippen MR) is 123 cm³/mol. The van der Waals surface area contributed by atoms with E-state index in [1.807, 2.05) is 38.7 Å². The molecule has 2 aliphatic heterocycles. The van der Waals surface area contributed by atoms with Gasteiger partial charge in [-0.2, -0.15) is 0 Å². The monoisotopic (exact) mass is 462 g/mol. The van der Waals surface area contributed by atoms with E-state index in [-0.39, 0.29) is 23.7 Å². The summed E-state index contributed by atoms with van der Waals surface area (Å²) < 4.78 is 40.3. The van der Waals surface area contributed by atoms with Gasteiger partial charge in [-0.25, -0.2) is 8.78 Å². The van der Waals surface area contributed by atoms with Crippen LogP contribution in [0.15, 0.2) is 36.4 Å². The van der Waals surface area contributed by atoms with Crippen LogP contribution in [0.3, 0.4) is 0 Å². The van der Waals surface area contributed by atoms with Crippen molar-refractivity contribution in [2.75, 3.05) is 29.9 Å². The van der Waals surface area contributed by atoms with Crippen molar-refractivity contribution in [3.63, 3.8) is 0 Å². The van der Waals surface area contributed by atoms with E-state index in [0.29, 0.717) is 11.4 Å². The SMILES string of the molecule is CN(C(=O)c1c(F)cccc1Cl)c1ccc(B2OC(C)(C)C(C)(C)O2)cc1N1CC(F)C1. The fraction of sp³-hybridized carbons (Fsp3) is 0.435.